The molecular weight excluding hydrogens is 311 g/mol. The molecule has 1 N–H and O–H groups in total. The summed E-state index contributed by atoms with van der Waals surface area (Å²) in [5.74, 6) is -1.07. The van der Waals surface area contributed by atoms with Crippen LogP contribution in [0.15, 0.2) is 30.3 Å². The number of hydrogen-bond acceptors (Lipinski definition) is 4. The Balaban J connectivity index is 2.80. The third-order valence-electron chi connectivity index (χ3n) is 2.65. The van der Waals surface area contributed by atoms with E-state index >= 15 is 0 Å². The van der Waals surface area contributed by atoms with Gasteiger partial charge in [0.1, 0.15) is 6.04 Å². The molecule has 1 aromatic rings. The molecular formula is C12H14F3NO4S. The van der Waals surface area contributed by atoms with Crippen molar-refractivity contribution in [2.24, 2.45) is 0 Å². The van der Waals surface area contributed by atoms with Gasteiger partial charge in [-0.15, -0.1) is 0 Å². The van der Waals surface area contributed by atoms with E-state index in [1.54, 1.807) is 30.3 Å². The average molecular weight is 325 g/mol. The van der Waals surface area contributed by atoms with Crippen LogP contribution >= 0.6 is 0 Å². The highest BCUT2D eigenvalue weighted by molar-refractivity contribution is 7.90. The molecule has 118 valence electrons. The number of benzene rings is 1. The Morgan fingerprint density at radius 3 is 2.33 bits per heavy atom. The summed E-state index contributed by atoms with van der Waals surface area (Å²) in [6.07, 6.45) is 0.0764. The number of methoxy groups -OCH3 is 1. The molecule has 1 rings (SSSR count). The molecule has 0 aliphatic carbocycles. The van der Waals surface area contributed by atoms with Crippen molar-refractivity contribution >= 4 is 16.0 Å². The number of halogens is 3. The quantitative estimate of drug-likeness (QED) is 0.807. The van der Waals surface area contributed by atoms with Crippen molar-refractivity contribution in [3.05, 3.63) is 35.9 Å². The Bertz CT molecular complexity index is 572. The van der Waals surface area contributed by atoms with E-state index in [4.69, 9.17) is 0 Å². The van der Waals surface area contributed by atoms with Gasteiger partial charge < -0.3 is 4.74 Å². The number of hydrogen-bond donors (Lipinski definition) is 1. The smallest absolute Gasteiger partial charge is 0.468 e. The Labute approximate surface area is 120 Å². The maximum absolute atomic E-state index is 12.3. The van der Waals surface area contributed by atoms with Gasteiger partial charge in [0.15, 0.2) is 0 Å². The molecule has 9 heteroatoms. The van der Waals surface area contributed by atoms with Gasteiger partial charge in [0.25, 0.3) is 0 Å². The lowest BCUT2D eigenvalue weighted by Crippen LogP contribution is -2.47. The fourth-order valence-electron chi connectivity index (χ4n) is 1.58. The van der Waals surface area contributed by atoms with Crippen LogP contribution in [0, 0.1) is 0 Å². The molecule has 21 heavy (non-hydrogen) atoms. The number of aryl methyl sites for hydroxylation is 1. The van der Waals surface area contributed by atoms with Gasteiger partial charge in [-0.1, -0.05) is 30.3 Å². The maximum atomic E-state index is 12.3. The van der Waals surface area contributed by atoms with E-state index in [9.17, 15) is 26.4 Å². The first-order valence-corrected chi connectivity index (χ1v) is 7.36. The zero-order chi connectivity index (χ0) is 16.1. The van der Waals surface area contributed by atoms with E-state index in [1.165, 1.54) is 4.72 Å². The van der Waals surface area contributed by atoms with Crippen molar-refractivity contribution in [3.8, 4) is 0 Å². The average Bonchev–Trinajstić information content (AvgIpc) is 2.42. The van der Waals surface area contributed by atoms with Crippen molar-refractivity contribution < 1.29 is 31.1 Å². The summed E-state index contributed by atoms with van der Waals surface area (Å²) in [5.41, 5.74) is -4.72. The molecule has 0 aromatic heterocycles. The Morgan fingerprint density at radius 2 is 1.86 bits per heavy atom. The van der Waals surface area contributed by atoms with Gasteiger partial charge in [-0.05, 0) is 18.4 Å². The molecule has 0 bridgehead atoms. The van der Waals surface area contributed by atoms with E-state index in [2.05, 4.69) is 4.74 Å². The molecule has 0 heterocycles. The summed E-state index contributed by atoms with van der Waals surface area (Å²) < 4.78 is 64.7. The van der Waals surface area contributed by atoms with Crippen molar-refractivity contribution in [2.75, 3.05) is 7.11 Å². The SMILES string of the molecule is COC(=O)[C@H](CCc1ccccc1)NS(=O)(=O)C(F)(F)F. The molecule has 0 saturated carbocycles. The number of ether oxygens (including phenoxy) is 1. The molecule has 0 fully saturated rings. The lowest BCUT2D eigenvalue weighted by molar-refractivity contribution is -0.142. The summed E-state index contributed by atoms with van der Waals surface area (Å²) in [5, 5.41) is 0. The fourth-order valence-corrected chi connectivity index (χ4v) is 2.30. The van der Waals surface area contributed by atoms with Crippen LogP contribution in [0.1, 0.15) is 12.0 Å². The summed E-state index contributed by atoms with van der Waals surface area (Å²) in [6, 6.07) is 7.04. The second kappa shape index (κ2) is 6.90. The van der Waals surface area contributed by atoms with Gasteiger partial charge >= 0.3 is 21.5 Å². The first-order valence-electron chi connectivity index (χ1n) is 5.87. The molecule has 0 amide bonds. The van der Waals surface area contributed by atoms with E-state index < -0.39 is 27.5 Å². The van der Waals surface area contributed by atoms with E-state index in [0.717, 1.165) is 12.7 Å². The van der Waals surface area contributed by atoms with Crippen LogP contribution in [0.25, 0.3) is 0 Å². The molecule has 0 radical (unpaired) electrons. The first-order chi connectivity index (χ1) is 9.67. The van der Waals surface area contributed by atoms with Crippen molar-refractivity contribution in [3.63, 3.8) is 0 Å². The van der Waals surface area contributed by atoms with Crippen LogP contribution < -0.4 is 4.72 Å². The lowest BCUT2D eigenvalue weighted by Gasteiger charge is -2.17. The predicted molar refractivity (Wildman–Crippen MR) is 68.7 cm³/mol. The minimum Gasteiger partial charge on any atom is -0.468 e. The third-order valence-corrected chi connectivity index (χ3v) is 3.86. The Morgan fingerprint density at radius 1 is 1.29 bits per heavy atom. The molecule has 1 atom stereocenters. The van der Waals surface area contributed by atoms with Crippen LogP contribution in [0.3, 0.4) is 0 Å². The fraction of sp³-hybridized carbons (Fsp3) is 0.417. The topological polar surface area (TPSA) is 72.5 Å². The number of sulfonamides is 1. The van der Waals surface area contributed by atoms with Gasteiger partial charge in [-0.2, -0.15) is 17.9 Å². The summed E-state index contributed by atoms with van der Waals surface area (Å²) in [4.78, 5) is 11.4. The molecule has 0 saturated heterocycles. The van der Waals surface area contributed by atoms with Crippen molar-refractivity contribution in [1.29, 1.82) is 0 Å². The van der Waals surface area contributed by atoms with Gasteiger partial charge in [0.2, 0.25) is 0 Å². The largest absolute Gasteiger partial charge is 0.511 e. The Kier molecular flexibility index (Phi) is 5.73. The van der Waals surface area contributed by atoms with E-state index in [-0.39, 0.29) is 12.8 Å². The number of alkyl halides is 3. The highest BCUT2D eigenvalue weighted by Gasteiger charge is 2.47. The third kappa shape index (κ3) is 5.01. The second-order valence-corrected chi connectivity index (χ2v) is 5.87. The van der Waals surface area contributed by atoms with Crippen molar-refractivity contribution in [2.45, 2.75) is 24.4 Å². The van der Waals surface area contributed by atoms with Gasteiger partial charge in [0, 0.05) is 0 Å². The van der Waals surface area contributed by atoms with Crippen LogP contribution in [0.5, 0.6) is 0 Å². The Hall–Kier alpha value is -1.61. The van der Waals surface area contributed by atoms with Crippen LogP contribution in [0.4, 0.5) is 13.2 Å². The number of esters is 1. The number of carbonyl (C=O) groups is 1. The van der Waals surface area contributed by atoms with E-state index in [0.29, 0.717) is 0 Å². The van der Waals surface area contributed by atoms with Gasteiger partial charge in [0.05, 0.1) is 7.11 Å². The van der Waals surface area contributed by atoms with Crippen molar-refractivity contribution in [1.82, 2.24) is 4.72 Å². The summed E-state index contributed by atoms with van der Waals surface area (Å²) in [7, 11) is -4.64. The molecule has 0 aliphatic rings. The molecule has 1 aromatic carbocycles. The molecule has 0 spiro atoms. The lowest BCUT2D eigenvalue weighted by atomic mass is 10.1. The zero-order valence-corrected chi connectivity index (χ0v) is 11.9. The monoisotopic (exact) mass is 325 g/mol. The maximum Gasteiger partial charge on any atom is 0.511 e. The minimum absolute atomic E-state index is 0.147. The van der Waals surface area contributed by atoms with E-state index in [1.807, 2.05) is 0 Å². The van der Waals surface area contributed by atoms with Gasteiger partial charge in [-0.3, -0.25) is 4.79 Å². The minimum atomic E-state index is -5.61. The highest BCUT2D eigenvalue weighted by atomic mass is 32.2. The number of nitrogens with one attached hydrogen (secondary N) is 1. The highest BCUT2D eigenvalue weighted by Crippen LogP contribution is 2.22. The number of carbonyl (C=O) groups excluding carboxylic acids is 1. The predicted octanol–water partition coefficient (Wildman–Crippen LogP) is 1.60. The molecule has 0 unspecified atom stereocenters. The molecule has 5 nitrogen and oxygen atoms in total. The van der Waals surface area contributed by atoms with Crippen LogP contribution in [-0.2, 0) is 26.0 Å². The standard InChI is InChI=1S/C12H14F3NO4S/c1-20-11(17)10(16-21(18,19)12(13,14)15)8-7-9-5-3-2-4-6-9/h2-6,10,16H,7-8H2,1H3/t10-/m0/s1. The normalized spacial score (nSPS) is 13.7. The molecule has 0 aliphatic heterocycles. The first kappa shape index (κ1) is 17.4. The van der Waals surface area contributed by atoms with Gasteiger partial charge in [-0.25, -0.2) is 8.42 Å². The van der Waals surface area contributed by atoms with Crippen LogP contribution in [0.2, 0.25) is 0 Å². The zero-order valence-electron chi connectivity index (χ0n) is 11.1. The summed E-state index contributed by atoms with van der Waals surface area (Å²) >= 11 is 0. The number of rotatable bonds is 6. The second-order valence-electron chi connectivity index (χ2n) is 4.17. The summed E-state index contributed by atoms with van der Waals surface area (Å²) in [6.45, 7) is 0. The van der Waals surface area contributed by atoms with Crippen LogP contribution in [-0.4, -0.2) is 33.0 Å².